The second-order valence-electron chi connectivity index (χ2n) is 4.54. The van der Waals surface area contributed by atoms with Gasteiger partial charge in [-0.15, -0.1) is 0 Å². The smallest absolute Gasteiger partial charge is 0.307 e. The van der Waals surface area contributed by atoms with E-state index in [4.69, 9.17) is 4.74 Å². The zero-order valence-corrected chi connectivity index (χ0v) is 10.7. The third-order valence-corrected chi connectivity index (χ3v) is 2.70. The third kappa shape index (κ3) is 6.94. The molecule has 1 amide bonds. The standard InChI is InChI=1S/C12H22N2O3/c1-3-17-12(16)6-7-14(2)9-11(15)13-8-10-4-5-10/h10H,3-9H2,1-2H3,(H,13,15). The number of ether oxygens (including phenoxy) is 1. The van der Waals surface area contributed by atoms with Crippen molar-refractivity contribution in [1.29, 1.82) is 0 Å². The highest BCUT2D eigenvalue weighted by atomic mass is 16.5. The van der Waals surface area contributed by atoms with Crippen molar-refractivity contribution in [2.24, 2.45) is 5.92 Å². The second-order valence-corrected chi connectivity index (χ2v) is 4.54. The molecule has 0 aromatic heterocycles. The number of nitrogens with zero attached hydrogens (tertiary/aromatic N) is 1. The molecule has 0 aromatic carbocycles. The fraction of sp³-hybridized carbons (Fsp3) is 0.833. The summed E-state index contributed by atoms with van der Waals surface area (Å²) in [5.74, 6) is 0.518. The molecule has 1 aliphatic rings. The summed E-state index contributed by atoms with van der Waals surface area (Å²) in [6, 6.07) is 0. The Morgan fingerprint density at radius 1 is 1.41 bits per heavy atom. The van der Waals surface area contributed by atoms with Crippen LogP contribution >= 0.6 is 0 Å². The van der Waals surface area contributed by atoms with E-state index in [0.717, 1.165) is 6.54 Å². The van der Waals surface area contributed by atoms with Crippen LogP contribution in [-0.2, 0) is 14.3 Å². The maximum Gasteiger partial charge on any atom is 0.307 e. The maximum atomic E-state index is 11.5. The molecule has 0 bridgehead atoms. The first-order valence-corrected chi connectivity index (χ1v) is 6.22. The lowest BCUT2D eigenvalue weighted by Gasteiger charge is -2.15. The Morgan fingerprint density at radius 3 is 2.71 bits per heavy atom. The van der Waals surface area contributed by atoms with Gasteiger partial charge in [0.15, 0.2) is 0 Å². The number of carbonyl (C=O) groups excluding carboxylic acids is 2. The van der Waals surface area contributed by atoms with Gasteiger partial charge in [0.1, 0.15) is 0 Å². The van der Waals surface area contributed by atoms with Crippen LogP contribution in [0.4, 0.5) is 0 Å². The van der Waals surface area contributed by atoms with Crippen LogP contribution in [0, 0.1) is 5.92 Å². The normalized spacial score (nSPS) is 14.8. The van der Waals surface area contributed by atoms with Crippen molar-refractivity contribution in [3.05, 3.63) is 0 Å². The number of carbonyl (C=O) groups is 2. The van der Waals surface area contributed by atoms with E-state index in [9.17, 15) is 9.59 Å². The van der Waals surface area contributed by atoms with E-state index in [1.54, 1.807) is 6.92 Å². The molecule has 0 atom stereocenters. The highest BCUT2D eigenvalue weighted by Gasteiger charge is 2.21. The van der Waals surface area contributed by atoms with Gasteiger partial charge in [-0.25, -0.2) is 0 Å². The van der Waals surface area contributed by atoms with Crippen LogP contribution in [0.2, 0.25) is 0 Å². The largest absolute Gasteiger partial charge is 0.466 e. The molecule has 1 N–H and O–H groups in total. The Hall–Kier alpha value is -1.10. The van der Waals surface area contributed by atoms with Gasteiger partial charge in [0.2, 0.25) is 5.91 Å². The lowest BCUT2D eigenvalue weighted by molar-refractivity contribution is -0.143. The van der Waals surface area contributed by atoms with Crippen LogP contribution in [0.1, 0.15) is 26.2 Å². The minimum atomic E-state index is -0.210. The lowest BCUT2D eigenvalue weighted by Crippen LogP contribution is -2.37. The van der Waals surface area contributed by atoms with Crippen molar-refractivity contribution in [3.63, 3.8) is 0 Å². The fourth-order valence-electron chi connectivity index (χ4n) is 1.48. The minimum Gasteiger partial charge on any atom is -0.466 e. The minimum absolute atomic E-state index is 0.0308. The summed E-state index contributed by atoms with van der Waals surface area (Å²) in [6.45, 7) is 3.88. The Morgan fingerprint density at radius 2 is 2.12 bits per heavy atom. The van der Waals surface area contributed by atoms with E-state index in [0.29, 0.717) is 32.0 Å². The fourth-order valence-corrected chi connectivity index (χ4v) is 1.48. The number of esters is 1. The van der Waals surface area contributed by atoms with Gasteiger partial charge < -0.3 is 10.1 Å². The Balaban J connectivity index is 2.03. The van der Waals surface area contributed by atoms with Gasteiger partial charge in [-0.2, -0.15) is 0 Å². The number of likely N-dealkylation sites (N-methyl/N-ethyl adjacent to an activating group) is 1. The van der Waals surface area contributed by atoms with E-state index in [1.165, 1.54) is 12.8 Å². The number of nitrogens with one attached hydrogen (secondary N) is 1. The van der Waals surface area contributed by atoms with Crippen LogP contribution < -0.4 is 5.32 Å². The van der Waals surface area contributed by atoms with E-state index >= 15 is 0 Å². The summed E-state index contributed by atoms with van der Waals surface area (Å²) in [5.41, 5.74) is 0. The van der Waals surface area contributed by atoms with Crippen LogP contribution in [0.3, 0.4) is 0 Å². The van der Waals surface area contributed by atoms with Gasteiger partial charge in [-0.1, -0.05) is 0 Å². The Labute approximate surface area is 102 Å². The predicted molar refractivity (Wildman–Crippen MR) is 64.5 cm³/mol. The molecule has 17 heavy (non-hydrogen) atoms. The van der Waals surface area contributed by atoms with E-state index < -0.39 is 0 Å². The summed E-state index contributed by atoms with van der Waals surface area (Å²) < 4.78 is 4.82. The molecule has 0 unspecified atom stereocenters. The molecule has 98 valence electrons. The molecule has 0 radical (unpaired) electrons. The predicted octanol–water partition coefficient (Wildman–Crippen LogP) is 0.398. The summed E-state index contributed by atoms with van der Waals surface area (Å²) in [6.07, 6.45) is 2.80. The zero-order chi connectivity index (χ0) is 12.7. The van der Waals surface area contributed by atoms with E-state index in [1.807, 2.05) is 11.9 Å². The Kier molecular flexibility index (Phi) is 5.97. The molecule has 0 saturated heterocycles. The topological polar surface area (TPSA) is 58.6 Å². The molecular weight excluding hydrogens is 220 g/mol. The molecule has 1 fully saturated rings. The first-order valence-electron chi connectivity index (χ1n) is 6.22. The molecule has 1 aliphatic carbocycles. The third-order valence-electron chi connectivity index (χ3n) is 2.70. The SMILES string of the molecule is CCOC(=O)CCN(C)CC(=O)NCC1CC1. The molecule has 1 saturated carbocycles. The van der Waals surface area contributed by atoms with Gasteiger partial charge in [0.25, 0.3) is 0 Å². The van der Waals surface area contributed by atoms with Crippen LogP contribution in [-0.4, -0.2) is 50.1 Å². The first kappa shape index (κ1) is 14.0. The average Bonchev–Trinajstić information content (AvgIpc) is 3.08. The number of amides is 1. The zero-order valence-electron chi connectivity index (χ0n) is 10.7. The molecule has 0 heterocycles. The van der Waals surface area contributed by atoms with Gasteiger partial charge >= 0.3 is 5.97 Å². The highest BCUT2D eigenvalue weighted by molar-refractivity contribution is 5.78. The van der Waals surface area contributed by atoms with Gasteiger partial charge in [0, 0.05) is 13.1 Å². The van der Waals surface area contributed by atoms with Crippen molar-refractivity contribution in [1.82, 2.24) is 10.2 Å². The maximum absolute atomic E-state index is 11.5. The van der Waals surface area contributed by atoms with Crippen molar-refractivity contribution >= 4 is 11.9 Å². The molecule has 0 aromatic rings. The van der Waals surface area contributed by atoms with E-state index in [-0.39, 0.29) is 11.9 Å². The Bertz CT molecular complexity index is 264. The molecule has 0 aliphatic heterocycles. The van der Waals surface area contributed by atoms with Gasteiger partial charge in [-0.05, 0) is 32.7 Å². The molecule has 5 nitrogen and oxygen atoms in total. The molecule has 0 spiro atoms. The number of hydrogen-bond acceptors (Lipinski definition) is 4. The van der Waals surface area contributed by atoms with Crippen molar-refractivity contribution < 1.29 is 14.3 Å². The van der Waals surface area contributed by atoms with Crippen molar-refractivity contribution in [3.8, 4) is 0 Å². The number of hydrogen-bond donors (Lipinski definition) is 1. The average molecular weight is 242 g/mol. The van der Waals surface area contributed by atoms with Crippen molar-refractivity contribution in [2.75, 3.05) is 33.3 Å². The monoisotopic (exact) mass is 242 g/mol. The molecule has 5 heteroatoms. The molecular formula is C12H22N2O3. The van der Waals surface area contributed by atoms with Gasteiger partial charge in [0.05, 0.1) is 19.6 Å². The van der Waals surface area contributed by atoms with E-state index in [2.05, 4.69) is 5.32 Å². The second kappa shape index (κ2) is 7.27. The lowest BCUT2D eigenvalue weighted by atomic mass is 10.3. The van der Waals surface area contributed by atoms with Crippen molar-refractivity contribution in [2.45, 2.75) is 26.2 Å². The highest BCUT2D eigenvalue weighted by Crippen LogP contribution is 2.27. The first-order chi connectivity index (χ1) is 8.11. The number of rotatable bonds is 8. The summed E-state index contributed by atoms with van der Waals surface area (Å²) in [4.78, 5) is 24.4. The van der Waals surface area contributed by atoms with Gasteiger partial charge in [-0.3, -0.25) is 14.5 Å². The van der Waals surface area contributed by atoms with Crippen LogP contribution in [0.5, 0.6) is 0 Å². The quantitative estimate of drug-likeness (QED) is 0.626. The molecule has 1 rings (SSSR count). The summed E-state index contributed by atoms with van der Waals surface area (Å²) >= 11 is 0. The summed E-state index contributed by atoms with van der Waals surface area (Å²) in [7, 11) is 1.83. The summed E-state index contributed by atoms with van der Waals surface area (Å²) in [5, 5.41) is 2.89. The van der Waals surface area contributed by atoms with Crippen LogP contribution in [0.15, 0.2) is 0 Å². The van der Waals surface area contributed by atoms with Crippen LogP contribution in [0.25, 0.3) is 0 Å².